The zero-order valence-electron chi connectivity index (χ0n) is 13.6. The van der Waals surface area contributed by atoms with E-state index < -0.39 is 0 Å². The molecule has 0 unspecified atom stereocenters. The fourth-order valence-corrected chi connectivity index (χ4v) is 4.34. The summed E-state index contributed by atoms with van der Waals surface area (Å²) in [6.07, 6.45) is 1.25. The number of hydrogen-bond donors (Lipinski definition) is 1. The lowest BCUT2D eigenvalue weighted by Crippen LogP contribution is -2.31. The molecule has 0 aliphatic carbocycles. The number of amides is 1. The Hall–Kier alpha value is -2.40. The second-order valence-electron chi connectivity index (χ2n) is 6.34. The third-order valence-corrected chi connectivity index (χ3v) is 5.63. The lowest BCUT2D eigenvalue weighted by molar-refractivity contribution is -0.117. The topological polar surface area (TPSA) is 59.2 Å². The molecule has 0 saturated heterocycles. The molecule has 122 valence electrons. The van der Waals surface area contributed by atoms with Crippen molar-refractivity contribution < 1.29 is 4.79 Å². The van der Waals surface area contributed by atoms with Gasteiger partial charge in [0, 0.05) is 13.1 Å². The first-order valence-electron chi connectivity index (χ1n) is 8.10. The molecule has 0 spiro atoms. The van der Waals surface area contributed by atoms with Crippen LogP contribution in [0.5, 0.6) is 0 Å². The summed E-state index contributed by atoms with van der Waals surface area (Å²) in [6.45, 7) is 3.85. The van der Waals surface area contributed by atoms with Gasteiger partial charge in [0.1, 0.15) is 0 Å². The Morgan fingerprint density at radius 2 is 2.21 bits per heavy atom. The zero-order valence-corrected chi connectivity index (χ0v) is 14.4. The minimum Gasteiger partial charge on any atom is -0.369 e. The quantitative estimate of drug-likeness (QED) is 0.798. The van der Waals surface area contributed by atoms with Gasteiger partial charge in [-0.05, 0) is 47.7 Å². The molecule has 2 N–H and O–H groups in total. The van der Waals surface area contributed by atoms with E-state index in [1.807, 2.05) is 12.1 Å². The van der Waals surface area contributed by atoms with Crippen molar-refractivity contribution in [2.24, 2.45) is 5.73 Å². The van der Waals surface area contributed by atoms with Gasteiger partial charge in [-0.1, -0.05) is 35.6 Å². The number of anilines is 1. The number of rotatable bonds is 3. The lowest BCUT2D eigenvalue weighted by Gasteiger charge is -2.29. The second-order valence-corrected chi connectivity index (χ2v) is 7.35. The van der Waals surface area contributed by atoms with Gasteiger partial charge in [-0.3, -0.25) is 4.79 Å². The standard InChI is InChI=1S/C19H19N3OS/c1-12-5-6-17-16(9-12)21-19(24-17)22-8-7-15-13(10-18(20)23)3-2-4-14(15)11-22/h2-6,9H,7-8,10-11H2,1H3,(H2,20,23). The molecule has 0 bridgehead atoms. The van der Waals surface area contributed by atoms with Crippen LogP contribution < -0.4 is 10.6 Å². The van der Waals surface area contributed by atoms with E-state index >= 15 is 0 Å². The van der Waals surface area contributed by atoms with E-state index in [-0.39, 0.29) is 5.91 Å². The number of aromatic nitrogens is 1. The summed E-state index contributed by atoms with van der Waals surface area (Å²) in [5, 5.41) is 1.07. The van der Waals surface area contributed by atoms with Crippen LogP contribution in [0.25, 0.3) is 10.2 Å². The predicted molar refractivity (Wildman–Crippen MR) is 98.5 cm³/mol. The van der Waals surface area contributed by atoms with Crippen LogP contribution in [0.1, 0.15) is 22.3 Å². The average Bonchev–Trinajstić information content (AvgIpc) is 2.97. The summed E-state index contributed by atoms with van der Waals surface area (Å²) in [5.74, 6) is -0.271. The van der Waals surface area contributed by atoms with Crippen molar-refractivity contribution in [2.45, 2.75) is 26.3 Å². The number of benzene rings is 2. The van der Waals surface area contributed by atoms with Crippen molar-refractivity contribution in [3.05, 3.63) is 58.7 Å². The van der Waals surface area contributed by atoms with E-state index in [4.69, 9.17) is 10.7 Å². The fraction of sp³-hybridized carbons (Fsp3) is 0.263. The summed E-state index contributed by atoms with van der Waals surface area (Å²) in [5.41, 5.74) is 11.3. The maximum atomic E-state index is 11.3. The minimum atomic E-state index is -0.271. The van der Waals surface area contributed by atoms with Crippen LogP contribution in [-0.2, 0) is 24.2 Å². The van der Waals surface area contributed by atoms with Crippen LogP contribution in [0.2, 0.25) is 0 Å². The van der Waals surface area contributed by atoms with Gasteiger partial charge in [0.15, 0.2) is 5.13 Å². The van der Waals surface area contributed by atoms with Gasteiger partial charge in [0.25, 0.3) is 0 Å². The molecule has 0 saturated carbocycles. The smallest absolute Gasteiger partial charge is 0.221 e. The van der Waals surface area contributed by atoms with Gasteiger partial charge in [0.2, 0.25) is 5.91 Å². The zero-order chi connectivity index (χ0) is 16.7. The van der Waals surface area contributed by atoms with Crippen molar-refractivity contribution in [2.75, 3.05) is 11.4 Å². The predicted octanol–water partition coefficient (Wildman–Crippen LogP) is 3.20. The molecular weight excluding hydrogens is 318 g/mol. The molecule has 4 nitrogen and oxygen atoms in total. The highest BCUT2D eigenvalue weighted by molar-refractivity contribution is 7.22. The normalized spacial score (nSPS) is 14.0. The number of fused-ring (bicyclic) bond motifs is 2. The van der Waals surface area contributed by atoms with Gasteiger partial charge in [-0.2, -0.15) is 0 Å². The highest BCUT2D eigenvalue weighted by Crippen LogP contribution is 2.33. The Labute approximate surface area is 144 Å². The van der Waals surface area contributed by atoms with E-state index in [2.05, 4.69) is 36.1 Å². The summed E-state index contributed by atoms with van der Waals surface area (Å²) in [4.78, 5) is 18.4. The van der Waals surface area contributed by atoms with E-state index in [1.54, 1.807) is 11.3 Å². The van der Waals surface area contributed by atoms with Gasteiger partial charge in [-0.25, -0.2) is 4.98 Å². The molecule has 0 atom stereocenters. The van der Waals surface area contributed by atoms with Gasteiger partial charge < -0.3 is 10.6 Å². The number of nitrogens with zero attached hydrogens (tertiary/aromatic N) is 2. The van der Waals surface area contributed by atoms with Crippen LogP contribution in [0.3, 0.4) is 0 Å². The first-order chi connectivity index (χ1) is 11.6. The number of nitrogens with two attached hydrogens (primary N) is 1. The molecule has 0 radical (unpaired) electrons. The van der Waals surface area contributed by atoms with Crippen LogP contribution in [-0.4, -0.2) is 17.4 Å². The molecule has 3 aromatic rings. The fourth-order valence-electron chi connectivity index (χ4n) is 3.37. The maximum absolute atomic E-state index is 11.3. The molecule has 5 heteroatoms. The lowest BCUT2D eigenvalue weighted by atomic mass is 9.93. The molecule has 2 aromatic carbocycles. The first kappa shape index (κ1) is 15.1. The minimum absolute atomic E-state index is 0.271. The average molecular weight is 337 g/mol. The SMILES string of the molecule is Cc1ccc2sc(N3CCc4c(CC(N)=O)cccc4C3)nc2c1. The van der Waals surface area contributed by atoms with Gasteiger partial charge in [-0.15, -0.1) is 0 Å². The number of carbonyl (C=O) groups excluding carboxylic acids is 1. The van der Waals surface area contributed by atoms with E-state index in [0.29, 0.717) is 6.42 Å². The second kappa shape index (κ2) is 5.91. The van der Waals surface area contributed by atoms with E-state index in [0.717, 1.165) is 35.7 Å². The molecule has 1 aliphatic heterocycles. The third kappa shape index (κ3) is 2.76. The number of thiazole rings is 1. The Kier molecular flexibility index (Phi) is 3.73. The number of carbonyl (C=O) groups is 1. The molecule has 0 fully saturated rings. The third-order valence-electron chi connectivity index (χ3n) is 4.53. The monoisotopic (exact) mass is 337 g/mol. The molecular formula is C19H19N3OS. The Morgan fingerprint density at radius 1 is 1.33 bits per heavy atom. The van der Waals surface area contributed by atoms with Gasteiger partial charge >= 0.3 is 0 Å². The largest absolute Gasteiger partial charge is 0.369 e. The van der Waals surface area contributed by atoms with Crippen molar-refractivity contribution in [1.82, 2.24) is 4.98 Å². The summed E-state index contributed by atoms with van der Waals surface area (Å²) in [7, 11) is 0. The summed E-state index contributed by atoms with van der Waals surface area (Å²) >= 11 is 1.74. The van der Waals surface area contributed by atoms with Gasteiger partial charge in [0.05, 0.1) is 16.6 Å². The maximum Gasteiger partial charge on any atom is 0.221 e. The molecule has 4 rings (SSSR count). The summed E-state index contributed by atoms with van der Waals surface area (Å²) < 4.78 is 1.23. The van der Waals surface area contributed by atoms with E-state index in [1.165, 1.54) is 21.4 Å². The van der Waals surface area contributed by atoms with Crippen molar-refractivity contribution in [3.63, 3.8) is 0 Å². The molecule has 1 aromatic heterocycles. The number of aryl methyl sites for hydroxylation is 1. The van der Waals surface area contributed by atoms with Crippen molar-refractivity contribution >= 4 is 32.6 Å². The summed E-state index contributed by atoms with van der Waals surface area (Å²) in [6, 6.07) is 12.6. The van der Waals surface area contributed by atoms with Crippen LogP contribution in [0.4, 0.5) is 5.13 Å². The van der Waals surface area contributed by atoms with Crippen LogP contribution in [0.15, 0.2) is 36.4 Å². The molecule has 24 heavy (non-hydrogen) atoms. The molecule has 2 heterocycles. The van der Waals surface area contributed by atoms with E-state index in [9.17, 15) is 4.79 Å². The van der Waals surface area contributed by atoms with Crippen molar-refractivity contribution in [1.29, 1.82) is 0 Å². The number of hydrogen-bond acceptors (Lipinski definition) is 4. The highest BCUT2D eigenvalue weighted by atomic mass is 32.1. The Balaban J connectivity index is 1.64. The Bertz CT molecular complexity index is 932. The molecule has 1 amide bonds. The van der Waals surface area contributed by atoms with Crippen LogP contribution >= 0.6 is 11.3 Å². The van der Waals surface area contributed by atoms with Crippen molar-refractivity contribution in [3.8, 4) is 0 Å². The highest BCUT2D eigenvalue weighted by Gasteiger charge is 2.21. The molecule has 1 aliphatic rings. The Morgan fingerprint density at radius 3 is 3.04 bits per heavy atom. The first-order valence-corrected chi connectivity index (χ1v) is 8.92. The number of primary amides is 1. The van der Waals surface area contributed by atoms with Crippen LogP contribution in [0, 0.1) is 6.92 Å².